The van der Waals surface area contributed by atoms with Gasteiger partial charge < -0.3 is 10.2 Å². The van der Waals surface area contributed by atoms with Gasteiger partial charge in [-0.2, -0.15) is 0 Å². The maximum atomic E-state index is 11.8. The fourth-order valence-electron chi connectivity index (χ4n) is 1.22. The van der Waals surface area contributed by atoms with Gasteiger partial charge in [-0.05, 0) is 19.9 Å². The van der Waals surface area contributed by atoms with Crippen LogP contribution >= 0.6 is 11.6 Å². The van der Waals surface area contributed by atoms with Crippen LogP contribution in [0, 0.1) is 0 Å². The van der Waals surface area contributed by atoms with E-state index in [4.69, 9.17) is 11.6 Å². The number of pyridine rings is 1. The summed E-state index contributed by atoms with van der Waals surface area (Å²) in [6.45, 7) is 5.28. The number of halogens is 1. The first-order valence-electron chi connectivity index (χ1n) is 5.25. The molecule has 1 rings (SSSR count). The molecular weight excluding hydrogens is 226 g/mol. The summed E-state index contributed by atoms with van der Waals surface area (Å²) in [4.78, 5) is 17.5. The third kappa shape index (κ3) is 2.85. The van der Waals surface area contributed by atoms with E-state index in [0.29, 0.717) is 22.9 Å². The molecule has 0 unspecified atom stereocenters. The van der Waals surface area contributed by atoms with Crippen LogP contribution in [0.2, 0.25) is 5.02 Å². The predicted octanol–water partition coefficient (Wildman–Crippen LogP) is 2.26. The Morgan fingerprint density at radius 1 is 1.56 bits per heavy atom. The van der Waals surface area contributed by atoms with Crippen molar-refractivity contribution in [1.29, 1.82) is 0 Å². The van der Waals surface area contributed by atoms with Gasteiger partial charge in [-0.3, -0.25) is 4.79 Å². The summed E-state index contributed by atoms with van der Waals surface area (Å²) in [5.41, 5.74) is 0.510. The molecule has 1 heterocycles. The summed E-state index contributed by atoms with van der Waals surface area (Å²) in [5, 5.41) is 3.49. The van der Waals surface area contributed by atoms with Crippen molar-refractivity contribution < 1.29 is 4.79 Å². The second-order valence-electron chi connectivity index (χ2n) is 3.40. The van der Waals surface area contributed by atoms with Crippen LogP contribution in [-0.2, 0) is 0 Å². The summed E-state index contributed by atoms with van der Waals surface area (Å²) in [6, 6.07) is 1.64. The van der Waals surface area contributed by atoms with Gasteiger partial charge in [-0.15, -0.1) is 0 Å². The molecule has 0 atom stereocenters. The maximum absolute atomic E-state index is 11.8. The van der Waals surface area contributed by atoms with E-state index in [-0.39, 0.29) is 5.91 Å². The molecule has 0 radical (unpaired) electrons. The third-order valence-corrected chi connectivity index (χ3v) is 2.54. The quantitative estimate of drug-likeness (QED) is 0.880. The Morgan fingerprint density at radius 3 is 2.75 bits per heavy atom. The van der Waals surface area contributed by atoms with Gasteiger partial charge in [0.25, 0.3) is 5.91 Å². The minimum Gasteiger partial charge on any atom is -0.369 e. The number of amides is 1. The zero-order valence-electron chi connectivity index (χ0n) is 9.75. The van der Waals surface area contributed by atoms with E-state index in [9.17, 15) is 4.79 Å². The van der Waals surface area contributed by atoms with Crippen LogP contribution in [0.4, 0.5) is 5.82 Å². The molecule has 5 heteroatoms. The molecule has 0 aliphatic carbocycles. The first-order valence-corrected chi connectivity index (χ1v) is 5.62. The van der Waals surface area contributed by atoms with Crippen molar-refractivity contribution in [1.82, 2.24) is 9.88 Å². The largest absolute Gasteiger partial charge is 0.369 e. The molecule has 16 heavy (non-hydrogen) atoms. The zero-order valence-corrected chi connectivity index (χ0v) is 10.5. The molecule has 0 aliphatic rings. The van der Waals surface area contributed by atoms with Crippen molar-refractivity contribution in [3.8, 4) is 0 Å². The maximum Gasteiger partial charge on any atom is 0.255 e. The fourth-order valence-corrected chi connectivity index (χ4v) is 1.45. The van der Waals surface area contributed by atoms with Gasteiger partial charge in [0, 0.05) is 26.3 Å². The van der Waals surface area contributed by atoms with Crippen molar-refractivity contribution in [2.75, 3.05) is 25.5 Å². The summed E-state index contributed by atoms with van der Waals surface area (Å²) in [6.07, 6.45) is 1.54. The second kappa shape index (κ2) is 5.70. The Labute approximate surface area is 101 Å². The second-order valence-corrected chi connectivity index (χ2v) is 3.81. The Kier molecular flexibility index (Phi) is 4.55. The summed E-state index contributed by atoms with van der Waals surface area (Å²) >= 11 is 6.00. The summed E-state index contributed by atoms with van der Waals surface area (Å²) in [7, 11) is 1.74. The number of hydrogen-bond acceptors (Lipinski definition) is 3. The number of nitrogens with zero attached hydrogens (tertiary/aromatic N) is 2. The highest BCUT2D eigenvalue weighted by Gasteiger charge is 2.12. The van der Waals surface area contributed by atoms with Gasteiger partial charge in [-0.25, -0.2) is 4.98 Å². The van der Waals surface area contributed by atoms with Crippen LogP contribution in [0.15, 0.2) is 12.3 Å². The number of aromatic nitrogens is 1. The van der Waals surface area contributed by atoms with Gasteiger partial charge in [0.2, 0.25) is 0 Å². The van der Waals surface area contributed by atoms with E-state index in [1.54, 1.807) is 24.2 Å². The van der Waals surface area contributed by atoms with Gasteiger partial charge in [-0.1, -0.05) is 11.6 Å². The van der Waals surface area contributed by atoms with Crippen molar-refractivity contribution in [2.45, 2.75) is 13.8 Å². The van der Waals surface area contributed by atoms with Crippen LogP contribution in [0.1, 0.15) is 24.2 Å². The minimum absolute atomic E-state index is 0.0695. The smallest absolute Gasteiger partial charge is 0.255 e. The highest BCUT2D eigenvalue weighted by Crippen LogP contribution is 2.20. The lowest BCUT2D eigenvalue weighted by Gasteiger charge is -2.14. The van der Waals surface area contributed by atoms with Crippen molar-refractivity contribution in [3.63, 3.8) is 0 Å². The molecule has 1 aromatic heterocycles. The van der Waals surface area contributed by atoms with Gasteiger partial charge >= 0.3 is 0 Å². The van der Waals surface area contributed by atoms with E-state index in [1.807, 2.05) is 13.8 Å². The summed E-state index contributed by atoms with van der Waals surface area (Å²) in [5.74, 6) is 0.541. The average molecular weight is 242 g/mol. The van der Waals surface area contributed by atoms with Crippen LogP contribution < -0.4 is 5.32 Å². The monoisotopic (exact) mass is 241 g/mol. The molecule has 0 saturated carbocycles. The molecule has 0 aliphatic heterocycles. The molecule has 1 N–H and O–H groups in total. The molecule has 0 saturated heterocycles. The van der Waals surface area contributed by atoms with Crippen LogP contribution in [0.5, 0.6) is 0 Å². The lowest BCUT2D eigenvalue weighted by atomic mass is 10.2. The Morgan fingerprint density at radius 2 is 2.25 bits per heavy atom. The van der Waals surface area contributed by atoms with Gasteiger partial charge in [0.05, 0.1) is 10.6 Å². The fraction of sp³-hybridized carbons (Fsp3) is 0.455. The van der Waals surface area contributed by atoms with Crippen molar-refractivity contribution >= 4 is 23.3 Å². The number of hydrogen-bond donors (Lipinski definition) is 1. The lowest BCUT2D eigenvalue weighted by Crippen LogP contribution is -2.26. The van der Waals surface area contributed by atoms with Crippen LogP contribution in [0.25, 0.3) is 0 Å². The van der Waals surface area contributed by atoms with E-state index < -0.39 is 0 Å². The molecule has 0 aromatic carbocycles. The molecule has 1 amide bonds. The highest BCUT2D eigenvalue weighted by molar-refractivity contribution is 6.33. The molecule has 1 aromatic rings. The minimum atomic E-state index is -0.0695. The molecule has 88 valence electrons. The standard InChI is InChI=1S/C11H16ClN3O/c1-4-13-10-9(12)6-8(7-14-10)11(16)15(3)5-2/h6-7H,4-5H2,1-3H3,(H,13,14). The van der Waals surface area contributed by atoms with E-state index in [1.165, 1.54) is 0 Å². The first kappa shape index (κ1) is 12.8. The molecule has 0 fully saturated rings. The first-order chi connectivity index (χ1) is 7.60. The average Bonchev–Trinajstić information content (AvgIpc) is 2.30. The molecule has 4 nitrogen and oxygen atoms in total. The number of nitrogens with one attached hydrogen (secondary N) is 1. The Bertz CT molecular complexity index is 381. The van der Waals surface area contributed by atoms with E-state index in [2.05, 4.69) is 10.3 Å². The van der Waals surface area contributed by atoms with Crippen LogP contribution in [0.3, 0.4) is 0 Å². The van der Waals surface area contributed by atoms with Crippen molar-refractivity contribution in [3.05, 3.63) is 22.8 Å². The molecular formula is C11H16ClN3O. The molecule has 0 spiro atoms. The van der Waals surface area contributed by atoms with Gasteiger partial charge in [0.1, 0.15) is 5.82 Å². The number of carbonyl (C=O) groups excluding carboxylic acids is 1. The third-order valence-electron chi connectivity index (χ3n) is 2.25. The van der Waals surface area contributed by atoms with E-state index in [0.717, 1.165) is 6.54 Å². The number of carbonyl (C=O) groups is 1. The topological polar surface area (TPSA) is 45.2 Å². The zero-order chi connectivity index (χ0) is 12.1. The van der Waals surface area contributed by atoms with E-state index >= 15 is 0 Å². The Balaban J connectivity index is 2.92. The predicted molar refractivity (Wildman–Crippen MR) is 66.0 cm³/mol. The highest BCUT2D eigenvalue weighted by atomic mass is 35.5. The normalized spacial score (nSPS) is 10.0. The number of rotatable bonds is 4. The SMILES string of the molecule is CCNc1ncc(C(=O)N(C)CC)cc1Cl. The van der Waals surface area contributed by atoms with Crippen LogP contribution in [-0.4, -0.2) is 35.9 Å². The van der Waals surface area contributed by atoms with Gasteiger partial charge in [0.15, 0.2) is 0 Å². The Hall–Kier alpha value is -1.29. The van der Waals surface area contributed by atoms with Crippen molar-refractivity contribution in [2.24, 2.45) is 0 Å². The number of anilines is 1. The summed E-state index contributed by atoms with van der Waals surface area (Å²) < 4.78 is 0. The lowest BCUT2D eigenvalue weighted by molar-refractivity contribution is 0.0802. The molecule has 0 bridgehead atoms.